The second kappa shape index (κ2) is 6.86. The van der Waals surface area contributed by atoms with Gasteiger partial charge in [0.25, 0.3) is 0 Å². The molecule has 5 aliphatic rings. The monoisotopic (exact) mass is 444 g/mol. The Kier molecular flexibility index (Phi) is 4.51. The molecule has 0 N–H and O–H groups in total. The third-order valence-corrected chi connectivity index (χ3v) is 11.5. The van der Waals surface area contributed by atoms with Gasteiger partial charge in [-0.2, -0.15) is 0 Å². The summed E-state index contributed by atoms with van der Waals surface area (Å²) in [6.07, 6.45) is 13.5. The van der Waals surface area contributed by atoms with Crippen molar-refractivity contribution < 1.29 is 9.21 Å². The fraction of sp³-hybridized carbons (Fsp3) is 0.645. The van der Waals surface area contributed by atoms with Crippen molar-refractivity contribution in [2.45, 2.75) is 79.1 Å². The van der Waals surface area contributed by atoms with E-state index in [4.69, 9.17) is 4.42 Å². The molecule has 1 aromatic rings. The van der Waals surface area contributed by atoms with Gasteiger partial charge in [0, 0.05) is 17.8 Å². The first-order valence-corrected chi connectivity index (χ1v) is 13.3. The summed E-state index contributed by atoms with van der Waals surface area (Å²) in [6.45, 7) is 16.2. The van der Waals surface area contributed by atoms with Crippen molar-refractivity contribution in [3.63, 3.8) is 0 Å². The number of hydrogen-bond acceptors (Lipinski definition) is 2. The van der Waals surface area contributed by atoms with Crippen LogP contribution in [0.5, 0.6) is 0 Å². The van der Waals surface area contributed by atoms with Gasteiger partial charge in [-0.3, -0.25) is 4.79 Å². The number of fused-ring (bicyclic) bond motifs is 5. The lowest BCUT2D eigenvalue weighted by Gasteiger charge is -2.59. The van der Waals surface area contributed by atoms with Crippen LogP contribution >= 0.6 is 0 Å². The number of ketones is 1. The molecule has 3 fully saturated rings. The van der Waals surface area contributed by atoms with Crippen LogP contribution in [0.15, 0.2) is 52.5 Å². The van der Waals surface area contributed by atoms with Crippen molar-refractivity contribution in [3.8, 4) is 0 Å². The topological polar surface area (TPSA) is 30.2 Å². The van der Waals surface area contributed by atoms with Crippen LogP contribution in [-0.2, 0) is 4.79 Å². The molecule has 1 heterocycles. The maximum atomic E-state index is 12.9. The third-order valence-electron chi connectivity index (χ3n) is 11.5. The van der Waals surface area contributed by atoms with Gasteiger partial charge in [-0.05, 0) is 97.7 Å². The summed E-state index contributed by atoms with van der Waals surface area (Å²) >= 11 is 0. The molecule has 0 amide bonds. The summed E-state index contributed by atoms with van der Waals surface area (Å²) < 4.78 is 6.32. The molecule has 0 radical (unpaired) electrons. The number of furan rings is 1. The summed E-state index contributed by atoms with van der Waals surface area (Å²) in [5, 5.41) is 0. The number of carbonyl (C=O) groups excluding carboxylic acids is 1. The number of allylic oxidation sites excluding steroid dienone is 5. The average Bonchev–Trinajstić information content (AvgIpc) is 3.22. The van der Waals surface area contributed by atoms with E-state index < -0.39 is 0 Å². The van der Waals surface area contributed by atoms with Gasteiger partial charge in [0.2, 0.25) is 0 Å². The van der Waals surface area contributed by atoms with Gasteiger partial charge in [-0.25, -0.2) is 0 Å². The van der Waals surface area contributed by atoms with Crippen LogP contribution in [0.2, 0.25) is 0 Å². The van der Waals surface area contributed by atoms with E-state index in [0.29, 0.717) is 35.4 Å². The Morgan fingerprint density at radius 1 is 1.15 bits per heavy atom. The minimum Gasteiger partial charge on any atom is -0.466 e. The normalized spacial score (nSPS) is 48.3. The Labute approximate surface area is 199 Å². The molecular formula is C31H40O2. The second-order valence-electron chi connectivity index (χ2n) is 12.9. The molecule has 2 nitrogen and oxygen atoms in total. The van der Waals surface area contributed by atoms with Crippen LogP contribution in [0.1, 0.15) is 83.7 Å². The summed E-state index contributed by atoms with van der Waals surface area (Å²) in [6, 6.07) is 4.33. The zero-order valence-electron chi connectivity index (χ0n) is 21.1. The highest BCUT2D eigenvalue weighted by molar-refractivity contribution is 5.92. The van der Waals surface area contributed by atoms with E-state index in [9.17, 15) is 4.79 Å². The number of hydrogen-bond donors (Lipinski definition) is 0. The zero-order chi connectivity index (χ0) is 23.3. The Morgan fingerprint density at radius 3 is 2.55 bits per heavy atom. The van der Waals surface area contributed by atoms with Crippen LogP contribution in [-0.4, -0.2) is 5.78 Å². The van der Waals surface area contributed by atoms with E-state index >= 15 is 0 Å². The van der Waals surface area contributed by atoms with Gasteiger partial charge >= 0.3 is 0 Å². The maximum absolute atomic E-state index is 12.9. The van der Waals surface area contributed by atoms with E-state index in [2.05, 4.69) is 65.5 Å². The molecule has 0 spiro atoms. The summed E-state index contributed by atoms with van der Waals surface area (Å²) in [4.78, 5) is 12.9. The van der Waals surface area contributed by atoms with Gasteiger partial charge in [-0.15, -0.1) is 6.58 Å². The van der Waals surface area contributed by atoms with Crippen LogP contribution in [0.3, 0.4) is 0 Å². The zero-order valence-corrected chi connectivity index (χ0v) is 21.1. The number of carbonyl (C=O) groups is 1. The van der Waals surface area contributed by atoms with E-state index in [1.165, 1.54) is 24.8 Å². The Balaban J connectivity index is 1.54. The lowest BCUT2D eigenvalue weighted by molar-refractivity contribution is -0.117. The van der Waals surface area contributed by atoms with Gasteiger partial charge in [0.1, 0.15) is 11.5 Å². The van der Waals surface area contributed by atoms with E-state index in [1.54, 1.807) is 5.57 Å². The van der Waals surface area contributed by atoms with Crippen molar-refractivity contribution in [2.24, 2.45) is 45.8 Å². The van der Waals surface area contributed by atoms with Crippen molar-refractivity contribution in [2.75, 3.05) is 0 Å². The molecule has 176 valence electrons. The number of rotatable bonds is 3. The Bertz CT molecular complexity index is 1090. The first kappa shape index (κ1) is 21.7. The smallest absolute Gasteiger partial charge is 0.156 e. The molecule has 6 rings (SSSR count). The van der Waals surface area contributed by atoms with Crippen LogP contribution in [0, 0.1) is 52.8 Å². The molecule has 1 aromatic heterocycles. The number of aryl methyl sites for hydroxylation is 1. The fourth-order valence-corrected chi connectivity index (χ4v) is 9.03. The minimum absolute atomic E-state index is 0.0284. The van der Waals surface area contributed by atoms with E-state index in [-0.39, 0.29) is 16.2 Å². The highest BCUT2D eigenvalue weighted by atomic mass is 16.3. The lowest BCUT2D eigenvalue weighted by Crippen LogP contribution is -2.51. The van der Waals surface area contributed by atoms with Crippen LogP contribution in [0.4, 0.5) is 0 Å². The SMILES string of the molecule is C=C[C@]1(C)CCC2C3C(=CCC21C)[C@]1(C)C(=CC(=O)CC1C1C[C@@H]1C)C[C@H]3c1ccc(C)o1. The Morgan fingerprint density at radius 2 is 1.91 bits per heavy atom. The average molecular weight is 445 g/mol. The quantitative estimate of drug-likeness (QED) is 0.445. The molecule has 5 unspecified atom stereocenters. The largest absolute Gasteiger partial charge is 0.466 e. The Hall–Kier alpha value is -1.83. The molecule has 3 saturated carbocycles. The molecule has 0 saturated heterocycles. The molecule has 5 aliphatic carbocycles. The summed E-state index contributed by atoms with van der Waals surface area (Å²) in [7, 11) is 0. The predicted octanol–water partition coefficient (Wildman–Crippen LogP) is 7.81. The first-order chi connectivity index (χ1) is 15.6. The first-order valence-electron chi connectivity index (χ1n) is 13.3. The van der Waals surface area contributed by atoms with Crippen molar-refractivity contribution in [3.05, 3.63) is 59.6 Å². The summed E-state index contributed by atoms with van der Waals surface area (Å²) in [5.74, 6) is 5.82. The van der Waals surface area contributed by atoms with Crippen molar-refractivity contribution >= 4 is 5.78 Å². The second-order valence-corrected chi connectivity index (χ2v) is 12.9. The van der Waals surface area contributed by atoms with E-state index in [0.717, 1.165) is 36.7 Å². The fourth-order valence-electron chi connectivity index (χ4n) is 9.03. The van der Waals surface area contributed by atoms with Crippen LogP contribution < -0.4 is 0 Å². The van der Waals surface area contributed by atoms with Crippen molar-refractivity contribution in [1.29, 1.82) is 0 Å². The van der Waals surface area contributed by atoms with Gasteiger partial charge in [-0.1, -0.05) is 51.0 Å². The van der Waals surface area contributed by atoms with Gasteiger partial charge in [0.05, 0.1) is 0 Å². The summed E-state index contributed by atoms with van der Waals surface area (Å²) in [5.41, 5.74) is 3.46. The maximum Gasteiger partial charge on any atom is 0.156 e. The van der Waals surface area contributed by atoms with E-state index in [1.807, 2.05) is 6.08 Å². The molecule has 0 aromatic carbocycles. The predicted molar refractivity (Wildman–Crippen MR) is 133 cm³/mol. The molecule has 0 bridgehead atoms. The van der Waals surface area contributed by atoms with Crippen molar-refractivity contribution in [1.82, 2.24) is 0 Å². The molecular weight excluding hydrogens is 404 g/mol. The van der Waals surface area contributed by atoms with Gasteiger partial charge < -0.3 is 4.42 Å². The molecule has 2 heteroatoms. The highest BCUT2D eigenvalue weighted by Crippen LogP contribution is 2.72. The molecule has 0 aliphatic heterocycles. The molecule has 9 atom stereocenters. The standard InChI is InChI=1S/C31H40O2/c1-7-29(4)12-10-24-28-23(27-9-8-19(3)33-27)16-20-15-21(32)17-26(22-14-18(22)2)31(20,6)25(28)11-13-30(24,29)5/h7-9,11,15,18,22-24,26,28H,1,10,12-14,16-17H2,2-6H3/t18-,22?,23-,24?,26?,28?,29+,30?,31-/m0/s1. The lowest BCUT2D eigenvalue weighted by atomic mass is 9.44. The third kappa shape index (κ3) is 2.76. The van der Waals surface area contributed by atoms with Gasteiger partial charge in [0.15, 0.2) is 5.78 Å². The highest BCUT2D eigenvalue weighted by Gasteiger charge is 2.64. The van der Waals surface area contributed by atoms with Crippen LogP contribution in [0.25, 0.3) is 0 Å². The molecule has 33 heavy (non-hydrogen) atoms. The minimum atomic E-state index is 0.0284.